The van der Waals surface area contributed by atoms with Gasteiger partial charge in [0.05, 0.1) is 13.2 Å². The molecule has 2 heterocycles. The van der Waals surface area contributed by atoms with E-state index < -0.39 is 0 Å². The van der Waals surface area contributed by atoms with Crippen LogP contribution in [0.3, 0.4) is 0 Å². The predicted molar refractivity (Wildman–Crippen MR) is 122 cm³/mol. The monoisotopic (exact) mass is 441 g/mol. The molecule has 0 unspecified atom stereocenters. The van der Waals surface area contributed by atoms with Crippen LogP contribution in [-0.2, 0) is 11.2 Å². The lowest BCUT2D eigenvalue weighted by atomic mass is 9.94. The molecule has 0 bridgehead atoms. The van der Waals surface area contributed by atoms with E-state index in [0.29, 0.717) is 31.0 Å². The van der Waals surface area contributed by atoms with Gasteiger partial charge in [-0.25, -0.2) is 0 Å². The second-order valence-electron chi connectivity index (χ2n) is 7.77. The van der Waals surface area contributed by atoms with Crippen LogP contribution in [0, 0.1) is 0 Å². The van der Waals surface area contributed by atoms with Gasteiger partial charge in [-0.1, -0.05) is 41.6 Å². The van der Waals surface area contributed by atoms with Crippen molar-refractivity contribution in [3.8, 4) is 28.6 Å². The largest absolute Gasteiger partial charge is 0.497 e. The van der Waals surface area contributed by atoms with E-state index in [4.69, 9.17) is 14.0 Å². The van der Waals surface area contributed by atoms with Gasteiger partial charge in [0.25, 0.3) is 0 Å². The number of hydrogen-bond acceptors (Lipinski definition) is 6. The maximum Gasteiger partial charge on any atom is 0.226 e. The summed E-state index contributed by atoms with van der Waals surface area (Å²) in [6.07, 6.45) is 1.47. The molecule has 0 saturated heterocycles. The van der Waals surface area contributed by atoms with Crippen molar-refractivity contribution in [2.75, 3.05) is 7.11 Å². The quantitative estimate of drug-likeness (QED) is 0.430. The summed E-state index contributed by atoms with van der Waals surface area (Å²) in [6.45, 7) is 0. The van der Waals surface area contributed by atoms with Gasteiger partial charge in [-0.15, -0.1) is 0 Å². The van der Waals surface area contributed by atoms with Gasteiger partial charge in [-0.05, 0) is 42.8 Å². The molecule has 1 aliphatic heterocycles. The van der Waals surface area contributed by atoms with Crippen LogP contribution in [0.25, 0.3) is 11.4 Å². The lowest BCUT2D eigenvalue weighted by Crippen LogP contribution is -2.31. The number of amides is 1. The second-order valence-corrected chi connectivity index (χ2v) is 7.77. The number of carbonyl (C=O) groups is 1. The molecule has 1 N–H and O–H groups in total. The molecular formula is C26H23N3O4. The Morgan fingerprint density at radius 2 is 1.64 bits per heavy atom. The summed E-state index contributed by atoms with van der Waals surface area (Å²) in [7, 11) is 1.62. The van der Waals surface area contributed by atoms with E-state index in [1.807, 2.05) is 72.8 Å². The number of fused-ring (bicyclic) bond motifs is 2. The average Bonchev–Trinajstić information content (AvgIpc) is 3.33. The van der Waals surface area contributed by atoms with E-state index >= 15 is 0 Å². The molecule has 1 aliphatic rings. The van der Waals surface area contributed by atoms with Crippen LogP contribution in [0.2, 0.25) is 0 Å². The van der Waals surface area contributed by atoms with Crippen LogP contribution < -0.4 is 14.8 Å². The van der Waals surface area contributed by atoms with Gasteiger partial charge >= 0.3 is 0 Å². The Morgan fingerprint density at radius 1 is 0.970 bits per heavy atom. The zero-order valence-electron chi connectivity index (χ0n) is 18.2. The number of methoxy groups -OCH3 is 1. The van der Waals surface area contributed by atoms with Crippen LogP contribution >= 0.6 is 0 Å². The fourth-order valence-electron chi connectivity index (χ4n) is 3.91. The first kappa shape index (κ1) is 20.8. The Labute approximate surface area is 191 Å². The number of benzene rings is 3. The minimum Gasteiger partial charge on any atom is -0.497 e. The van der Waals surface area contributed by atoms with Gasteiger partial charge in [-0.2, -0.15) is 4.98 Å². The molecule has 0 fully saturated rings. The molecule has 3 aromatic carbocycles. The number of nitrogens with one attached hydrogen (secondary N) is 1. The lowest BCUT2D eigenvalue weighted by molar-refractivity contribution is -0.121. The van der Waals surface area contributed by atoms with Crippen molar-refractivity contribution in [3.05, 3.63) is 89.8 Å². The van der Waals surface area contributed by atoms with Crippen LogP contribution in [0.15, 0.2) is 77.3 Å². The number of nitrogens with zero attached hydrogens (tertiary/aromatic N) is 2. The topological polar surface area (TPSA) is 86.5 Å². The summed E-state index contributed by atoms with van der Waals surface area (Å²) >= 11 is 0. The molecule has 166 valence electrons. The summed E-state index contributed by atoms with van der Waals surface area (Å²) in [4.78, 5) is 17.2. The molecule has 0 saturated carbocycles. The highest BCUT2D eigenvalue weighted by atomic mass is 16.5. The van der Waals surface area contributed by atoms with E-state index in [2.05, 4.69) is 15.5 Å². The van der Waals surface area contributed by atoms with Crippen molar-refractivity contribution in [1.82, 2.24) is 15.5 Å². The van der Waals surface area contributed by atoms with Crippen LogP contribution in [0.5, 0.6) is 17.2 Å². The fraction of sp³-hybridized carbons (Fsp3) is 0.192. The normalized spacial score (nSPS) is 12.4. The smallest absolute Gasteiger partial charge is 0.226 e. The molecule has 33 heavy (non-hydrogen) atoms. The highest BCUT2D eigenvalue weighted by Gasteiger charge is 2.27. The van der Waals surface area contributed by atoms with Crippen molar-refractivity contribution in [1.29, 1.82) is 0 Å². The Hall–Kier alpha value is -4.13. The minimum atomic E-state index is -0.247. The molecule has 4 aromatic rings. The SMILES string of the molecule is COc1ccc(-c2noc(CCCC(=O)NC3c4ccccc4Oc4ccccc43)n2)cc1. The average molecular weight is 441 g/mol. The van der Waals surface area contributed by atoms with Crippen molar-refractivity contribution >= 4 is 5.91 Å². The minimum absolute atomic E-state index is 0.0404. The van der Waals surface area contributed by atoms with E-state index in [9.17, 15) is 4.79 Å². The van der Waals surface area contributed by atoms with Crippen LogP contribution in [0.1, 0.15) is 35.9 Å². The molecule has 5 rings (SSSR count). The summed E-state index contributed by atoms with van der Waals surface area (Å²) in [6, 6.07) is 22.8. The van der Waals surface area contributed by atoms with Crippen molar-refractivity contribution in [3.63, 3.8) is 0 Å². The van der Waals surface area contributed by atoms with Gasteiger partial charge in [0.15, 0.2) is 0 Å². The van der Waals surface area contributed by atoms with Gasteiger partial charge in [0, 0.05) is 29.5 Å². The number of ether oxygens (including phenoxy) is 2. The summed E-state index contributed by atoms with van der Waals surface area (Å²) in [5.41, 5.74) is 2.75. The number of carbonyl (C=O) groups excluding carboxylic acids is 1. The standard InChI is InChI=1S/C26H23N3O4/c1-31-18-15-13-17(14-16-18)26-28-24(33-29-26)12-6-11-23(30)27-25-19-7-2-4-9-21(19)32-22-10-5-3-8-20(22)25/h2-5,7-10,13-16,25H,6,11-12H2,1H3,(H,27,30). The third-order valence-electron chi connectivity index (χ3n) is 5.60. The molecule has 0 aliphatic carbocycles. The number of hydrogen-bond donors (Lipinski definition) is 1. The van der Waals surface area contributed by atoms with Gasteiger partial charge in [0.1, 0.15) is 17.2 Å². The number of aryl methyl sites for hydroxylation is 1. The molecule has 1 amide bonds. The zero-order valence-corrected chi connectivity index (χ0v) is 18.2. The molecule has 1 aromatic heterocycles. The maximum atomic E-state index is 12.8. The Balaban J connectivity index is 1.20. The molecule has 7 heteroatoms. The maximum absolute atomic E-state index is 12.8. The molecule has 0 spiro atoms. The highest BCUT2D eigenvalue weighted by Crippen LogP contribution is 2.42. The third-order valence-corrected chi connectivity index (χ3v) is 5.60. The highest BCUT2D eigenvalue weighted by molar-refractivity contribution is 5.77. The zero-order chi connectivity index (χ0) is 22.6. The van der Waals surface area contributed by atoms with Crippen molar-refractivity contribution < 1.29 is 18.8 Å². The molecule has 0 radical (unpaired) electrons. The summed E-state index contributed by atoms with van der Waals surface area (Å²) in [5.74, 6) is 3.28. The predicted octanol–water partition coefficient (Wildman–Crippen LogP) is 5.08. The number of para-hydroxylation sites is 2. The first-order valence-electron chi connectivity index (χ1n) is 10.8. The summed E-state index contributed by atoms with van der Waals surface area (Å²) in [5, 5.41) is 7.20. The van der Waals surface area contributed by atoms with E-state index in [-0.39, 0.29) is 11.9 Å². The van der Waals surface area contributed by atoms with Gasteiger partial charge < -0.3 is 19.3 Å². The Kier molecular flexibility index (Phi) is 5.76. The molecule has 0 atom stereocenters. The second kappa shape index (κ2) is 9.16. The lowest BCUT2D eigenvalue weighted by Gasteiger charge is -2.28. The molecular weight excluding hydrogens is 418 g/mol. The van der Waals surface area contributed by atoms with Crippen molar-refractivity contribution in [2.24, 2.45) is 0 Å². The molecule has 7 nitrogen and oxygen atoms in total. The first-order chi connectivity index (χ1) is 16.2. The third kappa shape index (κ3) is 4.43. The number of aromatic nitrogens is 2. The Bertz CT molecular complexity index is 1220. The summed E-state index contributed by atoms with van der Waals surface area (Å²) < 4.78 is 16.5. The number of rotatable bonds is 7. The van der Waals surface area contributed by atoms with E-state index in [1.54, 1.807) is 7.11 Å². The first-order valence-corrected chi connectivity index (χ1v) is 10.8. The van der Waals surface area contributed by atoms with Crippen molar-refractivity contribution in [2.45, 2.75) is 25.3 Å². The van der Waals surface area contributed by atoms with E-state index in [0.717, 1.165) is 33.9 Å². The Morgan fingerprint density at radius 3 is 2.30 bits per heavy atom. The fourth-order valence-corrected chi connectivity index (χ4v) is 3.91. The van der Waals surface area contributed by atoms with E-state index in [1.165, 1.54) is 0 Å². The van der Waals surface area contributed by atoms with Gasteiger partial charge in [0.2, 0.25) is 17.6 Å². The van der Waals surface area contributed by atoms with Crippen LogP contribution in [-0.4, -0.2) is 23.2 Å². The van der Waals surface area contributed by atoms with Crippen LogP contribution in [0.4, 0.5) is 0 Å². The van der Waals surface area contributed by atoms with Gasteiger partial charge in [-0.3, -0.25) is 4.79 Å².